The predicted octanol–water partition coefficient (Wildman–Crippen LogP) is 5.21. The highest BCUT2D eigenvalue weighted by molar-refractivity contribution is 14.1. The number of rotatable bonds is 6. The first-order valence-corrected chi connectivity index (χ1v) is 10.7. The van der Waals surface area contributed by atoms with Crippen LogP contribution in [0.25, 0.3) is 5.70 Å². The van der Waals surface area contributed by atoms with E-state index >= 15 is 0 Å². The largest absolute Gasteiger partial charge is 0.358 e. The lowest BCUT2D eigenvalue weighted by Gasteiger charge is -2.31. The molecular weight excluding hydrogens is 439 g/mol. The monoisotopic (exact) mass is 464 g/mol. The van der Waals surface area contributed by atoms with Crippen molar-refractivity contribution in [2.24, 2.45) is 11.1 Å². The topological polar surface area (TPSA) is 68.6 Å². The average Bonchev–Trinajstić information content (AvgIpc) is 3.22. The van der Waals surface area contributed by atoms with Crippen LogP contribution in [0.15, 0.2) is 47.3 Å². The number of nitroso groups, excluding NO2 is 1. The summed E-state index contributed by atoms with van der Waals surface area (Å²) in [5, 5.41) is 15.3. The summed E-state index contributed by atoms with van der Waals surface area (Å²) in [6, 6.07) is 7.23. The van der Waals surface area contributed by atoms with Gasteiger partial charge in [-0.3, -0.25) is 5.41 Å². The Hall–Kier alpha value is -1.70. The lowest BCUT2D eigenvalue weighted by Crippen LogP contribution is -2.33. The molecule has 1 fully saturated rings. The lowest BCUT2D eigenvalue weighted by molar-refractivity contribution is 0.479. The SMILES string of the molecule is C=C(NC1=C(C(=N)N2CCCC2)CC(CI)CC1)c1ccccc1N=O. The molecule has 0 saturated carbocycles. The Morgan fingerprint density at radius 2 is 2.08 bits per heavy atom. The van der Waals surface area contributed by atoms with Gasteiger partial charge in [0.1, 0.15) is 11.5 Å². The quantitative estimate of drug-likeness (QED) is 0.200. The van der Waals surface area contributed by atoms with E-state index in [2.05, 4.69) is 44.6 Å². The minimum Gasteiger partial charge on any atom is -0.358 e. The zero-order valence-corrected chi connectivity index (χ0v) is 17.1. The minimum absolute atomic E-state index is 0.391. The molecule has 1 unspecified atom stereocenters. The van der Waals surface area contributed by atoms with E-state index in [0.717, 1.165) is 53.6 Å². The van der Waals surface area contributed by atoms with E-state index in [1.54, 1.807) is 12.1 Å². The van der Waals surface area contributed by atoms with Crippen LogP contribution in [0.3, 0.4) is 0 Å². The second kappa shape index (κ2) is 8.79. The number of nitrogens with one attached hydrogen (secondary N) is 2. The summed E-state index contributed by atoms with van der Waals surface area (Å²) in [7, 11) is 0. The molecule has 1 saturated heterocycles. The van der Waals surface area contributed by atoms with Crippen molar-refractivity contribution in [3.63, 3.8) is 0 Å². The van der Waals surface area contributed by atoms with Crippen LogP contribution in [0.4, 0.5) is 5.69 Å². The molecule has 6 heteroatoms. The molecule has 5 nitrogen and oxygen atoms in total. The number of nitrogens with zero attached hydrogens (tertiary/aromatic N) is 2. The van der Waals surface area contributed by atoms with E-state index in [9.17, 15) is 4.91 Å². The molecule has 0 bridgehead atoms. The smallest absolute Gasteiger partial charge is 0.125 e. The first-order chi connectivity index (χ1) is 12.6. The molecule has 138 valence electrons. The van der Waals surface area contributed by atoms with Crippen molar-refractivity contribution in [2.45, 2.75) is 32.1 Å². The second-order valence-electron chi connectivity index (χ2n) is 6.97. The molecule has 26 heavy (non-hydrogen) atoms. The van der Waals surface area contributed by atoms with Crippen LogP contribution in [-0.2, 0) is 0 Å². The summed E-state index contributed by atoms with van der Waals surface area (Å²) in [4.78, 5) is 13.3. The number of hydrogen-bond acceptors (Lipinski definition) is 4. The van der Waals surface area contributed by atoms with Crippen LogP contribution in [0.1, 0.15) is 37.7 Å². The number of benzene rings is 1. The third-order valence-corrected chi connectivity index (χ3v) is 6.46. The van der Waals surface area contributed by atoms with Gasteiger partial charge in [0.25, 0.3) is 0 Å². The van der Waals surface area contributed by atoms with Crippen molar-refractivity contribution in [3.8, 4) is 0 Å². The zero-order chi connectivity index (χ0) is 18.5. The van der Waals surface area contributed by atoms with Crippen molar-refractivity contribution >= 4 is 39.8 Å². The Morgan fingerprint density at radius 1 is 1.35 bits per heavy atom. The Balaban J connectivity index is 1.86. The van der Waals surface area contributed by atoms with Crippen LogP contribution in [-0.4, -0.2) is 28.3 Å². The molecule has 1 atom stereocenters. The maximum absolute atomic E-state index is 11.1. The van der Waals surface area contributed by atoms with E-state index in [1.807, 2.05) is 12.1 Å². The predicted molar refractivity (Wildman–Crippen MR) is 116 cm³/mol. The Kier molecular flexibility index (Phi) is 6.45. The number of alkyl halides is 1. The summed E-state index contributed by atoms with van der Waals surface area (Å²) in [6.45, 7) is 6.08. The van der Waals surface area contributed by atoms with Gasteiger partial charge in [0.05, 0.1) is 0 Å². The zero-order valence-electron chi connectivity index (χ0n) is 14.9. The van der Waals surface area contributed by atoms with Crippen LogP contribution >= 0.6 is 22.6 Å². The molecule has 1 heterocycles. The fraction of sp³-hybridized carbons (Fsp3) is 0.450. The molecule has 2 N–H and O–H groups in total. The molecule has 0 amide bonds. The third kappa shape index (κ3) is 4.16. The number of amidine groups is 1. The summed E-state index contributed by atoms with van der Waals surface area (Å²) in [6.07, 6.45) is 5.29. The fourth-order valence-electron chi connectivity index (χ4n) is 3.71. The molecule has 3 rings (SSSR count). The van der Waals surface area contributed by atoms with Crippen molar-refractivity contribution in [2.75, 3.05) is 17.5 Å². The Bertz CT molecular complexity index is 737. The third-order valence-electron chi connectivity index (χ3n) is 5.22. The van der Waals surface area contributed by atoms with Gasteiger partial charge in [0.2, 0.25) is 0 Å². The molecule has 0 radical (unpaired) electrons. The van der Waals surface area contributed by atoms with E-state index in [1.165, 1.54) is 12.8 Å². The highest BCUT2D eigenvalue weighted by Crippen LogP contribution is 2.33. The Morgan fingerprint density at radius 3 is 2.77 bits per heavy atom. The normalized spacial score (nSPS) is 20.2. The summed E-state index contributed by atoms with van der Waals surface area (Å²) < 4.78 is 1.11. The average molecular weight is 464 g/mol. The molecule has 0 aromatic heterocycles. The number of hydrogen-bond donors (Lipinski definition) is 2. The lowest BCUT2D eigenvalue weighted by atomic mass is 9.86. The highest BCUT2D eigenvalue weighted by Gasteiger charge is 2.27. The maximum atomic E-state index is 11.1. The van der Waals surface area contributed by atoms with E-state index in [4.69, 9.17) is 5.41 Å². The highest BCUT2D eigenvalue weighted by atomic mass is 127. The van der Waals surface area contributed by atoms with Crippen molar-refractivity contribution < 1.29 is 0 Å². The van der Waals surface area contributed by atoms with Gasteiger partial charge >= 0.3 is 0 Å². The molecular formula is C20H25IN4O. The standard InChI is InChI=1S/C20H25IN4O/c1-14(16-6-2-3-7-19(16)24-26)23-18-9-8-15(13-21)12-17(18)20(22)25-10-4-5-11-25/h2-3,6-7,15,22-23H,1,4-5,8-13H2. The number of halogens is 1. The van der Waals surface area contributed by atoms with Crippen molar-refractivity contribution in [1.82, 2.24) is 10.2 Å². The van der Waals surface area contributed by atoms with Gasteiger partial charge in [-0.05, 0) is 49.3 Å². The first kappa shape index (κ1) is 19.1. The van der Waals surface area contributed by atoms with E-state index in [0.29, 0.717) is 23.1 Å². The number of likely N-dealkylation sites (tertiary alicyclic amines) is 1. The van der Waals surface area contributed by atoms with Crippen LogP contribution in [0.5, 0.6) is 0 Å². The first-order valence-electron chi connectivity index (χ1n) is 9.14. The van der Waals surface area contributed by atoms with Crippen LogP contribution in [0.2, 0.25) is 0 Å². The van der Waals surface area contributed by atoms with Gasteiger partial charge in [-0.2, -0.15) is 0 Å². The molecule has 2 aliphatic rings. The summed E-state index contributed by atoms with van der Waals surface area (Å²) in [5.41, 5.74) is 3.97. The molecule has 1 aromatic rings. The molecule has 0 spiro atoms. The summed E-state index contributed by atoms with van der Waals surface area (Å²) in [5.74, 6) is 1.28. The number of allylic oxidation sites excluding steroid dienone is 1. The maximum Gasteiger partial charge on any atom is 0.125 e. The van der Waals surface area contributed by atoms with Gasteiger partial charge in [-0.25, -0.2) is 0 Å². The van der Waals surface area contributed by atoms with Gasteiger partial charge in [0.15, 0.2) is 0 Å². The second-order valence-corrected chi connectivity index (χ2v) is 7.86. The van der Waals surface area contributed by atoms with Crippen LogP contribution in [0, 0.1) is 16.2 Å². The van der Waals surface area contributed by atoms with Crippen molar-refractivity contribution in [1.29, 1.82) is 5.41 Å². The van der Waals surface area contributed by atoms with Gasteiger partial charge in [0, 0.05) is 40.0 Å². The summed E-state index contributed by atoms with van der Waals surface area (Å²) >= 11 is 2.45. The molecule has 1 aliphatic heterocycles. The fourth-order valence-corrected chi connectivity index (χ4v) is 4.46. The van der Waals surface area contributed by atoms with Gasteiger partial charge in [-0.1, -0.05) is 47.4 Å². The molecule has 1 aliphatic carbocycles. The van der Waals surface area contributed by atoms with Gasteiger partial charge in [-0.15, -0.1) is 4.91 Å². The van der Waals surface area contributed by atoms with Crippen LogP contribution < -0.4 is 5.32 Å². The van der Waals surface area contributed by atoms with Crippen molar-refractivity contribution in [3.05, 3.63) is 52.6 Å². The van der Waals surface area contributed by atoms with E-state index < -0.39 is 0 Å². The Labute approximate surface area is 168 Å². The minimum atomic E-state index is 0.391. The van der Waals surface area contributed by atoms with E-state index in [-0.39, 0.29) is 0 Å². The molecule has 1 aromatic carbocycles. The van der Waals surface area contributed by atoms with Gasteiger partial charge < -0.3 is 10.2 Å².